The van der Waals surface area contributed by atoms with Gasteiger partial charge in [-0.05, 0) is 54.2 Å². The Balaban J connectivity index is 1.21. The van der Waals surface area contributed by atoms with Gasteiger partial charge in [0.15, 0.2) is 0 Å². The van der Waals surface area contributed by atoms with Crippen LogP contribution >= 0.6 is 0 Å². The first-order valence-electron chi connectivity index (χ1n) is 10.9. The van der Waals surface area contributed by atoms with Gasteiger partial charge in [0, 0.05) is 25.4 Å². The summed E-state index contributed by atoms with van der Waals surface area (Å²) in [5.74, 6) is 0.00128. The number of nitrogens with one attached hydrogen (secondary N) is 1. The molecule has 160 valence electrons. The smallest absolute Gasteiger partial charge is 0.227 e. The number of fused-ring (bicyclic) bond motifs is 1. The quantitative estimate of drug-likeness (QED) is 0.570. The second kappa shape index (κ2) is 9.65. The Morgan fingerprint density at radius 1 is 0.935 bits per heavy atom. The molecule has 1 aliphatic rings. The first kappa shape index (κ1) is 20.9. The number of piperidine rings is 1. The minimum atomic E-state index is -0.138. The van der Waals surface area contributed by atoms with Crippen LogP contribution in [0.25, 0.3) is 10.8 Å². The molecule has 0 radical (unpaired) electrons. The van der Waals surface area contributed by atoms with Crippen molar-refractivity contribution in [1.82, 2.24) is 4.90 Å². The van der Waals surface area contributed by atoms with E-state index in [9.17, 15) is 14.7 Å². The molecule has 2 N–H and O–H groups in total. The van der Waals surface area contributed by atoms with E-state index in [1.54, 1.807) is 24.3 Å². The van der Waals surface area contributed by atoms with Crippen LogP contribution in [-0.4, -0.2) is 34.9 Å². The van der Waals surface area contributed by atoms with E-state index in [1.165, 1.54) is 16.3 Å². The highest BCUT2D eigenvalue weighted by Crippen LogP contribution is 2.25. The van der Waals surface area contributed by atoms with Crippen molar-refractivity contribution in [1.29, 1.82) is 0 Å². The summed E-state index contributed by atoms with van der Waals surface area (Å²) < 4.78 is 0. The minimum Gasteiger partial charge on any atom is -0.506 e. The maximum atomic E-state index is 12.6. The molecule has 5 heteroatoms. The van der Waals surface area contributed by atoms with Crippen LogP contribution in [0, 0.1) is 5.92 Å². The normalized spacial score (nSPS) is 14.5. The molecule has 1 saturated heterocycles. The summed E-state index contributed by atoms with van der Waals surface area (Å²) in [6, 6.07) is 21.5. The van der Waals surface area contributed by atoms with Crippen LogP contribution in [0.4, 0.5) is 5.69 Å². The van der Waals surface area contributed by atoms with Crippen LogP contribution in [0.5, 0.6) is 5.75 Å². The number of hydrogen-bond acceptors (Lipinski definition) is 3. The molecule has 0 unspecified atom stereocenters. The number of hydrogen-bond donors (Lipinski definition) is 2. The predicted octanol–water partition coefficient (Wildman–Crippen LogP) is 4.75. The van der Waals surface area contributed by atoms with E-state index >= 15 is 0 Å². The van der Waals surface area contributed by atoms with Gasteiger partial charge in [-0.1, -0.05) is 54.6 Å². The number of nitrogens with zero attached hydrogens (tertiary/aromatic N) is 1. The van der Waals surface area contributed by atoms with E-state index < -0.39 is 0 Å². The summed E-state index contributed by atoms with van der Waals surface area (Å²) in [4.78, 5) is 27.0. The maximum absolute atomic E-state index is 12.6. The summed E-state index contributed by atoms with van der Waals surface area (Å²) in [6.45, 7) is 1.21. The Morgan fingerprint density at radius 2 is 1.65 bits per heavy atom. The molecule has 2 amide bonds. The topological polar surface area (TPSA) is 69.6 Å². The molecule has 1 aliphatic heterocycles. The van der Waals surface area contributed by atoms with E-state index in [1.807, 2.05) is 17.0 Å². The molecule has 0 aromatic heterocycles. The minimum absolute atomic E-state index is 0.0647. The second-order valence-corrected chi connectivity index (χ2v) is 8.20. The fourth-order valence-corrected chi connectivity index (χ4v) is 4.20. The standard InChI is InChI=1S/C26H28N2O3/c29-24-10-4-3-9-23(24)27-26(31)21-14-16-28(17-15-21)25(30)11-5-6-19-12-13-20-7-1-2-8-22(20)18-19/h1-4,7-10,12-13,18,21,29H,5-6,11,14-17H2,(H,27,31). The summed E-state index contributed by atoms with van der Waals surface area (Å²) in [5.41, 5.74) is 1.69. The lowest BCUT2D eigenvalue weighted by molar-refractivity contribution is -0.134. The fraction of sp³-hybridized carbons (Fsp3) is 0.308. The number of para-hydroxylation sites is 2. The number of amides is 2. The second-order valence-electron chi connectivity index (χ2n) is 8.20. The third-order valence-corrected chi connectivity index (χ3v) is 6.05. The molecule has 0 spiro atoms. The molecule has 0 atom stereocenters. The average Bonchev–Trinajstić information content (AvgIpc) is 2.80. The van der Waals surface area contributed by atoms with Gasteiger partial charge >= 0.3 is 0 Å². The molecule has 0 saturated carbocycles. The van der Waals surface area contributed by atoms with Crippen molar-refractivity contribution >= 4 is 28.3 Å². The van der Waals surface area contributed by atoms with Gasteiger partial charge in [0.25, 0.3) is 0 Å². The van der Waals surface area contributed by atoms with Gasteiger partial charge < -0.3 is 15.3 Å². The molecule has 5 nitrogen and oxygen atoms in total. The number of rotatable bonds is 6. The van der Waals surface area contributed by atoms with Gasteiger partial charge in [-0.3, -0.25) is 9.59 Å². The van der Waals surface area contributed by atoms with Crippen LogP contribution < -0.4 is 5.32 Å². The first-order valence-corrected chi connectivity index (χ1v) is 10.9. The highest BCUT2D eigenvalue weighted by molar-refractivity contribution is 5.94. The van der Waals surface area contributed by atoms with Gasteiger partial charge in [-0.15, -0.1) is 0 Å². The third kappa shape index (κ3) is 5.23. The molecule has 0 bridgehead atoms. The van der Waals surface area contributed by atoms with E-state index in [0.29, 0.717) is 38.0 Å². The molecule has 31 heavy (non-hydrogen) atoms. The molecule has 4 rings (SSSR count). The van der Waals surface area contributed by atoms with Gasteiger partial charge in [-0.2, -0.15) is 0 Å². The van der Waals surface area contributed by atoms with Crippen molar-refractivity contribution in [3.63, 3.8) is 0 Å². The van der Waals surface area contributed by atoms with Crippen molar-refractivity contribution in [2.75, 3.05) is 18.4 Å². The fourth-order valence-electron chi connectivity index (χ4n) is 4.20. The van der Waals surface area contributed by atoms with Gasteiger partial charge in [0.05, 0.1) is 5.69 Å². The lowest BCUT2D eigenvalue weighted by Gasteiger charge is -2.31. The van der Waals surface area contributed by atoms with E-state index in [0.717, 1.165) is 12.8 Å². The molecular formula is C26H28N2O3. The number of likely N-dealkylation sites (tertiary alicyclic amines) is 1. The Bertz CT molecular complexity index is 1070. The number of anilines is 1. The number of phenolic OH excluding ortho intramolecular Hbond substituents is 1. The molecule has 0 aliphatic carbocycles. The monoisotopic (exact) mass is 416 g/mol. The van der Waals surface area contributed by atoms with Crippen molar-refractivity contribution < 1.29 is 14.7 Å². The van der Waals surface area contributed by atoms with Gasteiger partial charge in [0.2, 0.25) is 11.8 Å². The predicted molar refractivity (Wildman–Crippen MR) is 123 cm³/mol. The number of carbonyl (C=O) groups excluding carboxylic acids is 2. The number of phenols is 1. The zero-order chi connectivity index (χ0) is 21.6. The van der Waals surface area contributed by atoms with E-state index in [4.69, 9.17) is 0 Å². The molecule has 3 aromatic carbocycles. The zero-order valence-electron chi connectivity index (χ0n) is 17.6. The molecule has 1 heterocycles. The Morgan fingerprint density at radius 3 is 2.42 bits per heavy atom. The van der Waals surface area contributed by atoms with E-state index in [-0.39, 0.29) is 23.5 Å². The highest BCUT2D eigenvalue weighted by Gasteiger charge is 2.27. The molecular weight excluding hydrogens is 388 g/mol. The van der Waals surface area contributed by atoms with E-state index in [2.05, 4.69) is 35.6 Å². The maximum Gasteiger partial charge on any atom is 0.227 e. The Hall–Kier alpha value is -3.34. The van der Waals surface area contributed by atoms with Crippen molar-refractivity contribution in [3.8, 4) is 5.75 Å². The number of benzene rings is 3. The van der Waals surface area contributed by atoms with Crippen molar-refractivity contribution in [2.45, 2.75) is 32.1 Å². The van der Waals surface area contributed by atoms with Gasteiger partial charge in [0.1, 0.15) is 5.75 Å². The number of aromatic hydroxyl groups is 1. The summed E-state index contributed by atoms with van der Waals surface area (Å²) in [7, 11) is 0. The SMILES string of the molecule is O=C(Nc1ccccc1O)C1CCN(C(=O)CCCc2ccc3ccccc3c2)CC1. The Labute approximate surface area is 182 Å². The number of aryl methyl sites for hydroxylation is 1. The summed E-state index contributed by atoms with van der Waals surface area (Å²) in [6.07, 6.45) is 3.54. The van der Waals surface area contributed by atoms with Crippen LogP contribution in [-0.2, 0) is 16.0 Å². The van der Waals surface area contributed by atoms with Crippen molar-refractivity contribution in [3.05, 3.63) is 72.3 Å². The lowest BCUT2D eigenvalue weighted by Crippen LogP contribution is -2.41. The highest BCUT2D eigenvalue weighted by atomic mass is 16.3. The molecule has 3 aromatic rings. The lowest BCUT2D eigenvalue weighted by atomic mass is 9.95. The average molecular weight is 417 g/mol. The van der Waals surface area contributed by atoms with Crippen molar-refractivity contribution in [2.24, 2.45) is 5.92 Å². The van der Waals surface area contributed by atoms with Gasteiger partial charge in [-0.25, -0.2) is 0 Å². The summed E-state index contributed by atoms with van der Waals surface area (Å²) >= 11 is 0. The first-order chi connectivity index (χ1) is 15.1. The van der Waals surface area contributed by atoms with Crippen LogP contribution in [0.15, 0.2) is 66.7 Å². The Kier molecular flexibility index (Phi) is 6.51. The summed E-state index contributed by atoms with van der Waals surface area (Å²) in [5, 5.41) is 15.1. The largest absolute Gasteiger partial charge is 0.506 e. The zero-order valence-corrected chi connectivity index (χ0v) is 17.6. The van der Waals surface area contributed by atoms with Crippen LogP contribution in [0.1, 0.15) is 31.2 Å². The van der Waals surface area contributed by atoms with Crippen LogP contribution in [0.2, 0.25) is 0 Å². The molecule has 1 fully saturated rings. The van der Waals surface area contributed by atoms with Crippen LogP contribution in [0.3, 0.4) is 0 Å². The third-order valence-electron chi connectivity index (χ3n) is 6.05. The number of carbonyl (C=O) groups is 2.